The highest BCUT2D eigenvalue weighted by Gasteiger charge is 2.14. The molecule has 0 saturated heterocycles. The Hall–Kier alpha value is -2.34. The normalized spacial score (nSPS) is 11.4. The number of benzene rings is 1. The van der Waals surface area contributed by atoms with Crippen molar-refractivity contribution in [1.29, 1.82) is 0 Å². The summed E-state index contributed by atoms with van der Waals surface area (Å²) in [5.41, 5.74) is 6.75. The number of carbonyl (C=O) groups excluding carboxylic acids is 1. The maximum atomic E-state index is 11.1. The van der Waals surface area contributed by atoms with Gasteiger partial charge in [-0.3, -0.25) is 9.69 Å². The van der Waals surface area contributed by atoms with E-state index in [1.165, 1.54) is 6.07 Å². The molecule has 0 bridgehead atoms. The molecule has 0 aliphatic rings. The van der Waals surface area contributed by atoms with Gasteiger partial charge in [0.2, 0.25) is 11.7 Å². The van der Waals surface area contributed by atoms with Crippen molar-refractivity contribution in [3.05, 3.63) is 35.6 Å². The van der Waals surface area contributed by atoms with Gasteiger partial charge in [0.15, 0.2) is 0 Å². The molecule has 0 unspecified atom stereocenters. The second-order valence-electron chi connectivity index (χ2n) is 5.25. The zero-order chi connectivity index (χ0) is 15.6. The summed E-state index contributed by atoms with van der Waals surface area (Å²) in [7, 11) is 0. The van der Waals surface area contributed by atoms with Crippen molar-refractivity contribution >= 4 is 22.8 Å². The fraction of sp³-hybridized carbons (Fsp3) is 0.333. The standard InChI is InChI=1S/C15H18N2O4/c1-9(2)17(8-14(16)18)7-10-3-4-12-11(5-10)6-13(21-12)15(19)20/h3-6,9H,7-8H2,1-2H3,(H2,16,18)(H,19,20). The summed E-state index contributed by atoms with van der Waals surface area (Å²) in [5.74, 6) is -1.55. The fourth-order valence-electron chi connectivity index (χ4n) is 2.15. The lowest BCUT2D eigenvalue weighted by Gasteiger charge is -2.24. The monoisotopic (exact) mass is 290 g/mol. The molecule has 0 aliphatic heterocycles. The largest absolute Gasteiger partial charge is 0.475 e. The summed E-state index contributed by atoms with van der Waals surface area (Å²) in [6.07, 6.45) is 0. The molecule has 2 rings (SSSR count). The van der Waals surface area contributed by atoms with E-state index < -0.39 is 5.97 Å². The molecule has 1 aromatic carbocycles. The lowest BCUT2D eigenvalue weighted by atomic mass is 10.1. The zero-order valence-corrected chi connectivity index (χ0v) is 12.0. The summed E-state index contributed by atoms with van der Waals surface area (Å²) >= 11 is 0. The second-order valence-corrected chi connectivity index (χ2v) is 5.25. The highest BCUT2D eigenvalue weighted by molar-refractivity contribution is 5.91. The molecule has 6 heteroatoms. The Morgan fingerprint density at radius 2 is 2.05 bits per heavy atom. The van der Waals surface area contributed by atoms with Gasteiger partial charge in [-0.05, 0) is 37.6 Å². The molecule has 0 aliphatic carbocycles. The number of aromatic carboxylic acids is 1. The number of fused-ring (bicyclic) bond motifs is 1. The van der Waals surface area contributed by atoms with Crippen molar-refractivity contribution in [3.63, 3.8) is 0 Å². The highest BCUT2D eigenvalue weighted by atomic mass is 16.4. The molecule has 1 aromatic heterocycles. The summed E-state index contributed by atoms with van der Waals surface area (Å²) in [4.78, 5) is 23.9. The summed E-state index contributed by atoms with van der Waals surface area (Å²) in [5, 5.41) is 9.65. The molecular weight excluding hydrogens is 272 g/mol. The topological polar surface area (TPSA) is 96.8 Å². The lowest BCUT2D eigenvalue weighted by Crippen LogP contribution is -2.37. The first kappa shape index (κ1) is 15.1. The van der Waals surface area contributed by atoms with Gasteiger partial charge in [0.1, 0.15) is 5.58 Å². The summed E-state index contributed by atoms with van der Waals surface area (Å²) in [6.45, 7) is 4.72. The predicted molar refractivity (Wildman–Crippen MR) is 77.9 cm³/mol. The maximum absolute atomic E-state index is 11.1. The van der Waals surface area contributed by atoms with E-state index in [1.807, 2.05) is 30.9 Å². The van der Waals surface area contributed by atoms with E-state index in [4.69, 9.17) is 15.3 Å². The Kier molecular flexibility index (Phi) is 4.28. The first-order valence-corrected chi connectivity index (χ1v) is 6.65. The quantitative estimate of drug-likeness (QED) is 0.846. The molecular formula is C15H18N2O4. The van der Waals surface area contributed by atoms with E-state index in [0.717, 1.165) is 10.9 Å². The van der Waals surface area contributed by atoms with Gasteiger partial charge >= 0.3 is 5.97 Å². The Bertz CT molecular complexity index is 675. The van der Waals surface area contributed by atoms with E-state index in [2.05, 4.69) is 0 Å². The van der Waals surface area contributed by atoms with Gasteiger partial charge in [-0.1, -0.05) is 6.07 Å². The van der Waals surface area contributed by atoms with Gasteiger partial charge in [-0.2, -0.15) is 0 Å². The molecule has 1 heterocycles. The first-order chi connectivity index (χ1) is 9.86. The number of carbonyl (C=O) groups is 2. The zero-order valence-electron chi connectivity index (χ0n) is 12.0. The third-order valence-corrected chi connectivity index (χ3v) is 3.27. The number of furan rings is 1. The summed E-state index contributed by atoms with van der Waals surface area (Å²) < 4.78 is 5.21. The molecule has 0 saturated carbocycles. The minimum Gasteiger partial charge on any atom is -0.475 e. The molecule has 0 fully saturated rings. The van der Waals surface area contributed by atoms with Crippen molar-refractivity contribution in [2.75, 3.05) is 6.54 Å². The Morgan fingerprint density at radius 3 is 2.62 bits per heavy atom. The van der Waals surface area contributed by atoms with Crippen LogP contribution in [0.25, 0.3) is 11.0 Å². The Labute approximate surface area is 122 Å². The third kappa shape index (κ3) is 3.61. The molecule has 0 spiro atoms. The molecule has 0 atom stereocenters. The number of primary amides is 1. The van der Waals surface area contributed by atoms with E-state index >= 15 is 0 Å². The van der Waals surface area contributed by atoms with Crippen molar-refractivity contribution in [2.45, 2.75) is 26.4 Å². The van der Waals surface area contributed by atoms with Gasteiger partial charge in [-0.15, -0.1) is 0 Å². The van der Waals surface area contributed by atoms with Crippen LogP contribution in [0, 0.1) is 0 Å². The van der Waals surface area contributed by atoms with Crippen LogP contribution in [0.15, 0.2) is 28.7 Å². The molecule has 112 valence electrons. The van der Waals surface area contributed by atoms with Crippen LogP contribution in [-0.2, 0) is 11.3 Å². The van der Waals surface area contributed by atoms with E-state index in [1.54, 1.807) is 6.07 Å². The highest BCUT2D eigenvalue weighted by Crippen LogP contribution is 2.22. The van der Waals surface area contributed by atoms with Gasteiger partial charge in [0.25, 0.3) is 0 Å². The van der Waals surface area contributed by atoms with Crippen LogP contribution in [0.5, 0.6) is 0 Å². The first-order valence-electron chi connectivity index (χ1n) is 6.65. The van der Waals surface area contributed by atoms with Gasteiger partial charge in [0, 0.05) is 18.0 Å². The van der Waals surface area contributed by atoms with Crippen LogP contribution in [-0.4, -0.2) is 34.5 Å². The molecule has 21 heavy (non-hydrogen) atoms. The number of carboxylic acids is 1. The minimum atomic E-state index is -1.09. The van der Waals surface area contributed by atoms with E-state index in [-0.39, 0.29) is 24.3 Å². The number of rotatable bonds is 6. The average Bonchev–Trinajstić information content (AvgIpc) is 2.80. The van der Waals surface area contributed by atoms with Crippen LogP contribution in [0.1, 0.15) is 30.0 Å². The molecule has 2 aromatic rings. The number of nitrogens with zero attached hydrogens (tertiary/aromatic N) is 1. The number of hydrogen-bond acceptors (Lipinski definition) is 4. The van der Waals surface area contributed by atoms with Crippen molar-refractivity contribution in [2.24, 2.45) is 5.73 Å². The van der Waals surface area contributed by atoms with Gasteiger partial charge in [0.05, 0.1) is 6.54 Å². The van der Waals surface area contributed by atoms with Crippen molar-refractivity contribution in [3.8, 4) is 0 Å². The smallest absolute Gasteiger partial charge is 0.371 e. The number of amides is 1. The van der Waals surface area contributed by atoms with E-state index in [9.17, 15) is 9.59 Å². The second kappa shape index (κ2) is 5.97. The predicted octanol–water partition coefficient (Wildman–Crippen LogP) is 1.83. The van der Waals surface area contributed by atoms with Crippen LogP contribution in [0.2, 0.25) is 0 Å². The Morgan fingerprint density at radius 1 is 1.33 bits per heavy atom. The van der Waals surface area contributed by atoms with Crippen LogP contribution >= 0.6 is 0 Å². The molecule has 1 amide bonds. The number of hydrogen-bond donors (Lipinski definition) is 2. The van der Waals surface area contributed by atoms with Crippen molar-refractivity contribution in [1.82, 2.24) is 4.90 Å². The summed E-state index contributed by atoms with van der Waals surface area (Å²) in [6, 6.07) is 7.12. The van der Waals surface area contributed by atoms with Crippen LogP contribution in [0.3, 0.4) is 0 Å². The minimum absolute atomic E-state index is 0.0833. The van der Waals surface area contributed by atoms with Gasteiger partial charge < -0.3 is 15.3 Å². The molecule has 6 nitrogen and oxygen atoms in total. The van der Waals surface area contributed by atoms with Crippen LogP contribution in [0.4, 0.5) is 0 Å². The lowest BCUT2D eigenvalue weighted by molar-refractivity contribution is -0.119. The number of nitrogens with two attached hydrogens (primary N) is 1. The molecule has 3 N–H and O–H groups in total. The van der Waals surface area contributed by atoms with Crippen molar-refractivity contribution < 1.29 is 19.1 Å². The number of carboxylic acid groups (broad SMARTS) is 1. The molecule has 0 radical (unpaired) electrons. The Balaban J connectivity index is 2.25. The van der Waals surface area contributed by atoms with E-state index in [0.29, 0.717) is 12.1 Å². The van der Waals surface area contributed by atoms with Gasteiger partial charge in [-0.25, -0.2) is 4.79 Å². The fourth-order valence-corrected chi connectivity index (χ4v) is 2.15. The average molecular weight is 290 g/mol. The SMILES string of the molecule is CC(C)N(CC(N)=O)Cc1ccc2oc(C(=O)O)cc2c1. The van der Waals surface area contributed by atoms with Crippen LogP contribution < -0.4 is 5.73 Å². The third-order valence-electron chi connectivity index (χ3n) is 3.27. The maximum Gasteiger partial charge on any atom is 0.371 e.